The zero-order chi connectivity index (χ0) is 9.68. The van der Waals surface area contributed by atoms with E-state index in [2.05, 4.69) is 11.9 Å². The predicted octanol–water partition coefficient (Wildman–Crippen LogP) is 1.86. The van der Waals surface area contributed by atoms with Crippen molar-refractivity contribution in [3.8, 4) is 0 Å². The monoisotopic (exact) mass is 201 g/mol. The largest absolute Gasteiger partial charge is 0.464 e. The third kappa shape index (κ3) is 3.03. The molecule has 0 aliphatic carbocycles. The molecule has 0 saturated carbocycles. The summed E-state index contributed by atoms with van der Waals surface area (Å²) in [7, 11) is 0. The van der Waals surface area contributed by atoms with Gasteiger partial charge in [-0.1, -0.05) is 13.3 Å². The van der Waals surface area contributed by atoms with E-state index in [4.69, 9.17) is 4.74 Å². The molecule has 0 aromatic heterocycles. The van der Waals surface area contributed by atoms with Gasteiger partial charge in [0.05, 0.1) is 11.7 Å². The lowest BCUT2D eigenvalue weighted by molar-refractivity contribution is -0.143. The number of hydrogen-bond acceptors (Lipinski definition) is 4. The molecule has 3 nitrogen and oxygen atoms in total. The van der Waals surface area contributed by atoms with Crippen molar-refractivity contribution in [1.29, 1.82) is 0 Å². The van der Waals surface area contributed by atoms with Gasteiger partial charge in [0, 0.05) is 5.75 Å². The minimum Gasteiger partial charge on any atom is -0.464 e. The molecular weight excluding hydrogens is 186 g/mol. The van der Waals surface area contributed by atoms with Crippen LogP contribution >= 0.6 is 11.8 Å². The van der Waals surface area contributed by atoms with Crippen LogP contribution in [-0.2, 0) is 9.53 Å². The maximum absolute atomic E-state index is 11.3. The first-order valence-corrected chi connectivity index (χ1v) is 5.62. The Morgan fingerprint density at radius 3 is 3.08 bits per heavy atom. The van der Waals surface area contributed by atoms with Crippen LogP contribution in [-0.4, -0.2) is 29.4 Å². The Kier molecular flexibility index (Phi) is 4.28. The number of carbonyl (C=O) groups excluding carboxylic acids is 1. The van der Waals surface area contributed by atoms with Crippen LogP contribution in [0.15, 0.2) is 4.99 Å². The summed E-state index contributed by atoms with van der Waals surface area (Å²) in [6.45, 7) is 4.37. The number of thioether (sulfide) groups is 1. The van der Waals surface area contributed by atoms with E-state index < -0.39 is 0 Å². The van der Waals surface area contributed by atoms with Crippen LogP contribution in [0.2, 0.25) is 0 Å². The SMILES string of the molecule is CCCC1=NC(C(=O)OCC)CS1. The Labute approximate surface area is 82.9 Å². The zero-order valence-electron chi connectivity index (χ0n) is 8.08. The lowest BCUT2D eigenvalue weighted by Crippen LogP contribution is -2.21. The summed E-state index contributed by atoms with van der Waals surface area (Å²) >= 11 is 1.68. The summed E-state index contributed by atoms with van der Waals surface area (Å²) in [5.41, 5.74) is 0. The first-order valence-electron chi connectivity index (χ1n) is 4.64. The highest BCUT2D eigenvalue weighted by atomic mass is 32.2. The third-order valence-electron chi connectivity index (χ3n) is 1.73. The molecule has 0 bridgehead atoms. The fraction of sp³-hybridized carbons (Fsp3) is 0.778. The van der Waals surface area contributed by atoms with Gasteiger partial charge in [-0.15, -0.1) is 11.8 Å². The van der Waals surface area contributed by atoms with Gasteiger partial charge in [-0.2, -0.15) is 0 Å². The van der Waals surface area contributed by atoms with Crippen LogP contribution in [0.4, 0.5) is 0 Å². The molecule has 0 aromatic carbocycles. The lowest BCUT2D eigenvalue weighted by atomic mass is 10.3. The predicted molar refractivity (Wildman–Crippen MR) is 55.2 cm³/mol. The molecule has 0 spiro atoms. The van der Waals surface area contributed by atoms with Crippen LogP contribution in [0.5, 0.6) is 0 Å². The van der Waals surface area contributed by atoms with Gasteiger partial charge >= 0.3 is 5.97 Å². The molecule has 74 valence electrons. The first-order chi connectivity index (χ1) is 6.27. The molecule has 4 heteroatoms. The second kappa shape index (κ2) is 5.27. The molecule has 13 heavy (non-hydrogen) atoms. The molecule has 1 aliphatic rings. The number of esters is 1. The Morgan fingerprint density at radius 2 is 2.46 bits per heavy atom. The first kappa shape index (κ1) is 10.6. The number of rotatable bonds is 4. The highest BCUT2D eigenvalue weighted by Crippen LogP contribution is 2.21. The molecule has 0 fully saturated rings. The van der Waals surface area contributed by atoms with Crippen LogP contribution in [0, 0.1) is 0 Å². The van der Waals surface area contributed by atoms with Crippen molar-refractivity contribution >= 4 is 22.8 Å². The van der Waals surface area contributed by atoms with Gasteiger partial charge in [-0.3, -0.25) is 4.99 Å². The van der Waals surface area contributed by atoms with E-state index in [0.717, 1.165) is 23.6 Å². The molecular formula is C9H15NO2S. The summed E-state index contributed by atoms with van der Waals surface area (Å²) in [6.07, 6.45) is 2.07. The minimum absolute atomic E-state index is 0.180. The Balaban J connectivity index is 2.42. The molecule has 0 saturated heterocycles. The molecule has 0 radical (unpaired) electrons. The normalized spacial score (nSPS) is 21.4. The van der Waals surface area contributed by atoms with Crippen LogP contribution in [0.3, 0.4) is 0 Å². The van der Waals surface area contributed by atoms with E-state index >= 15 is 0 Å². The highest BCUT2D eigenvalue weighted by Gasteiger charge is 2.25. The molecule has 1 rings (SSSR count). The fourth-order valence-electron chi connectivity index (χ4n) is 1.13. The minimum atomic E-state index is -0.244. The van der Waals surface area contributed by atoms with Crippen molar-refractivity contribution < 1.29 is 9.53 Å². The summed E-state index contributed by atoms with van der Waals surface area (Å²) < 4.78 is 4.89. The van der Waals surface area contributed by atoms with Crippen molar-refractivity contribution in [3.63, 3.8) is 0 Å². The van der Waals surface area contributed by atoms with Crippen LogP contribution in [0.1, 0.15) is 26.7 Å². The number of hydrogen-bond donors (Lipinski definition) is 0. The van der Waals surface area contributed by atoms with Crippen molar-refractivity contribution in [1.82, 2.24) is 0 Å². The smallest absolute Gasteiger partial charge is 0.331 e. The summed E-state index contributed by atoms with van der Waals surface area (Å²) in [5.74, 6) is 0.579. The van der Waals surface area contributed by atoms with Gasteiger partial charge in [-0.05, 0) is 13.3 Å². The number of ether oxygens (including phenoxy) is 1. The van der Waals surface area contributed by atoms with Crippen molar-refractivity contribution in [2.75, 3.05) is 12.4 Å². The molecule has 0 aromatic rings. The fourth-order valence-corrected chi connectivity index (χ4v) is 2.24. The Hall–Kier alpha value is -0.510. The quantitative estimate of drug-likeness (QED) is 0.652. The molecule has 1 heterocycles. The van der Waals surface area contributed by atoms with E-state index in [1.807, 2.05) is 6.92 Å². The van der Waals surface area contributed by atoms with Crippen molar-refractivity contribution in [2.45, 2.75) is 32.7 Å². The molecule has 1 aliphatic heterocycles. The van der Waals surface area contributed by atoms with Gasteiger partial charge in [0.2, 0.25) is 0 Å². The zero-order valence-corrected chi connectivity index (χ0v) is 8.89. The molecule has 1 unspecified atom stereocenters. The maximum Gasteiger partial charge on any atom is 0.331 e. The van der Waals surface area contributed by atoms with Gasteiger partial charge in [0.1, 0.15) is 0 Å². The van der Waals surface area contributed by atoms with Crippen LogP contribution in [0.25, 0.3) is 0 Å². The summed E-state index contributed by atoms with van der Waals surface area (Å²) in [6, 6.07) is -0.244. The molecule has 1 atom stereocenters. The standard InChI is InChI=1S/C9H15NO2S/c1-3-5-8-10-7(6-13-8)9(11)12-4-2/h7H,3-6H2,1-2H3. The molecule has 0 amide bonds. The third-order valence-corrected chi connectivity index (χ3v) is 2.86. The summed E-state index contributed by atoms with van der Waals surface area (Å²) in [4.78, 5) is 15.6. The Morgan fingerprint density at radius 1 is 1.69 bits per heavy atom. The average molecular weight is 201 g/mol. The van der Waals surface area contributed by atoms with Crippen LogP contribution < -0.4 is 0 Å². The number of nitrogens with zero attached hydrogens (tertiary/aromatic N) is 1. The maximum atomic E-state index is 11.3. The van der Waals surface area contributed by atoms with E-state index in [9.17, 15) is 4.79 Å². The second-order valence-corrected chi connectivity index (χ2v) is 3.94. The van der Waals surface area contributed by atoms with E-state index in [0.29, 0.717) is 6.61 Å². The van der Waals surface area contributed by atoms with Crippen molar-refractivity contribution in [3.05, 3.63) is 0 Å². The van der Waals surface area contributed by atoms with E-state index in [-0.39, 0.29) is 12.0 Å². The van der Waals surface area contributed by atoms with Gasteiger partial charge in [0.25, 0.3) is 0 Å². The topological polar surface area (TPSA) is 38.7 Å². The summed E-state index contributed by atoms with van der Waals surface area (Å²) in [5, 5.41) is 1.10. The second-order valence-electron chi connectivity index (χ2n) is 2.85. The van der Waals surface area contributed by atoms with Gasteiger partial charge < -0.3 is 4.74 Å². The molecule has 0 N–H and O–H groups in total. The Bertz CT molecular complexity index is 216. The van der Waals surface area contributed by atoms with E-state index in [1.54, 1.807) is 11.8 Å². The number of carbonyl (C=O) groups is 1. The lowest BCUT2D eigenvalue weighted by Gasteiger charge is -2.03. The number of aliphatic imine (C=N–C) groups is 1. The van der Waals surface area contributed by atoms with Gasteiger partial charge in [-0.25, -0.2) is 4.79 Å². The highest BCUT2D eigenvalue weighted by molar-refractivity contribution is 8.14. The van der Waals surface area contributed by atoms with Gasteiger partial charge in [0.15, 0.2) is 6.04 Å². The average Bonchev–Trinajstić information content (AvgIpc) is 2.54. The van der Waals surface area contributed by atoms with E-state index in [1.165, 1.54) is 0 Å². The van der Waals surface area contributed by atoms with Crippen molar-refractivity contribution in [2.24, 2.45) is 4.99 Å².